The number of nitrogens with zero attached hydrogens (tertiary/aromatic N) is 2. The van der Waals surface area contributed by atoms with Gasteiger partial charge in [0.05, 0.1) is 0 Å². The van der Waals surface area contributed by atoms with Gasteiger partial charge in [-0.2, -0.15) is 0 Å². The second-order valence-corrected chi connectivity index (χ2v) is 4.15. The van der Waals surface area contributed by atoms with E-state index in [0.29, 0.717) is 0 Å². The Morgan fingerprint density at radius 2 is 2.28 bits per heavy atom. The fourth-order valence-corrected chi connectivity index (χ4v) is 1.56. The van der Waals surface area contributed by atoms with E-state index in [2.05, 4.69) is 16.9 Å². The average molecular weight is 248 g/mol. The Hall–Kier alpha value is -1.71. The molecule has 4 heteroatoms. The molecule has 0 atom stereocenters. The largest absolute Gasteiger partial charge is 0.477 e. The van der Waals surface area contributed by atoms with Crippen LogP contribution in [0.15, 0.2) is 23.2 Å². The molecule has 0 radical (unpaired) electrons. The Morgan fingerprint density at radius 1 is 1.44 bits per heavy atom. The molecule has 0 unspecified atom stereocenters. The molecule has 0 aromatic carbocycles. The van der Waals surface area contributed by atoms with Crippen LogP contribution in [0.1, 0.15) is 48.8 Å². The maximum absolute atomic E-state index is 10.7. The van der Waals surface area contributed by atoms with Crippen LogP contribution in [0.25, 0.3) is 0 Å². The van der Waals surface area contributed by atoms with Gasteiger partial charge in [0.2, 0.25) is 0 Å². The zero-order valence-corrected chi connectivity index (χ0v) is 10.8. The summed E-state index contributed by atoms with van der Waals surface area (Å²) >= 11 is 0. The number of carboxylic acids is 1. The Kier molecular flexibility index (Phi) is 6.69. The maximum atomic E-state index is 10.7. The molecule has 4 nitrogen and oxygen atoms in total. The van der Waals surface area contributed by atoms with Gasteiger partial charge in [-0.15, -0.1) is 0 Å². The predicted octanol–water partition coefficient (Wildman–Crippen LogP) is 2.97. The van der Waals surface area contributed by atoms with Crippen LogP contribution in [0.2, 0.25) is 0 Å². The van der Waals surface area contributed by atoms with Crippen LogP contribution in [-0.4, -0.2) is 28.8 Å². The number of pyridine rings is 1. The highest BCUT2D eigenvalue weighted by molar-refractivity contribution is 5.85. The Labute approximate surface area is 108 Å². The molecule has 0 bridgehead atoms. The lowest BCUT2D eigenvalue weighted by molar-refractivity contribution is 0.0690. The van der Waals surface area contributed by atoms with Gasteiger partial charge in [0.25, 0.3) is 0 Å². The van der Waals surface area contributed by atoms with Gasteiger partial charge in [-0.3, -0.25) is 4.99 Å². The van der Waals surface area contributed by atoms with Crippen molar-refractivity contribution in [3.8, 4) is 0 Å². The number of hydrogen-bond donors (Lipinski definition) is 1. The summed E-state index contributed by atoms with van der Waals surface area (Å²) in [6.07, 6.45) is 6.96. The highest BCUT2D eigenvalue weighted by Gasteiger charge is 2.04. The first-order valence-electron chi connectivity index (χ1n) is 6.41. The third-order valence-corrected chi connectivity index (χ3v) is 2.54. The lowest BCUT2D eigenvalue weighted by atomic mass is 10.1. The van der Waals surface area contributed by atoms with E-state index < -0.39 is 5.97 Å². The summed E-state index contributed by atoms with van der Waals surface area (Å²) in [5, 5.41) is 8.82. The normalized spacial score (nSPS) is 10.9. The number of aromatic carboxylic acids is 1. The van der Waals surface area contributed by atoms with Gasteiger partial charge < -0.3 is 5.11 Å². The highest BCUT2D eigenvalue weighted by atomic mass is 16.4. The van der Waals surface area contributed by atoms with Gasteiger partial charge in [0.1, 0.15) is 5.69 Å². The van der Waals surface area contributed by atoms with Crippen LogP contribution in [0.4, 0.5) is 0 Å². The lowest BCUT2D eigenvalue weighted by Crippen LogP contribution is -2.02. The zero-order valence-electron chi connectivity index (χ0n) is 10.8. The van der Waals surface area contributed by atoms with E-state index in [-0.39, 0.29) is 5.69 Å². The lowest BCUT2D eigenvalue weighted by Gasteiger charge is -2.01. The molecule has 1 aromatic heterocycles. The van der Waals surface area contributed by atoms with E-state index in [0.717, 1.165) is 44.3 Å². The number of aryl methyl sites for hydroxylation is 1. The number of aromatic nitrogens is 1. The number of unbranched alkanes of at least 4 members (excludes halogenated alkanes) is 2. The number of carbonyl (C=O) groups is 1. The van der Waals surface area contributed by atoms with E-state index >= 15 is 0 Å². The maximum Gasteiger partial charge on any atom is 0.354 e. The van der Waals surface area contributed by atoms with Crippen molar-refractivity contribution in [1.29, 1.82) is 0 Å². The fourth-order valence-electron chi connectivity index (χ4n) is 1.56. The molecule has 1 heterocycles. The van der Waals surface area contributed by atoms with E-state index in [1.54, 1.807) is 6.07 Å². The van der Waals surface area contributed by atoms with Gasteiger partial charge >= 0.3 is 5.97 Å². The first-order valence-corrected chi connectivity index (χ1v) is 6.41. The van der Waals surface area contributed by atoms with Gasteiger partial charge in [-0.25, -0.2) is 9.78 Å². The van der Waals surface area contributed by atoms with Gasteiger partial charge in [-0.05, 0) is 44.0 Å². The van der Waals surface area contributed by atoms with Crippen molar-refractivity contribution in [2.24, 2.45) is 4.99 Å². The highest BCUT2D eigenvalue weighted by Crippen LogP contribution is 2.04. The Balaban J connectivity index is 2.27. The van der Waals surface area contributed by atoms with Crippen LogP contribution in [0.3, 0.4) is 0 Å². The first-order chi connectivity index (χ1) is 8.74. The molecule has 1 N–H and O–H groups in total. The Morgan fingerprint density at radius 3 is 3.00 bits per heavy atom. The summed E-state index contributed by atoms with van der Waals surface area (Å²) in [6.45, 7) is 2.98. The van der Waals surface area contributed by atoms with E-state index in [1.165, 1.54) is 6.07 Å². The van der Waals surface area contributed by atoms with E-state index in [9.17, 15) is 4.79 Å². The van der Waals surface area contributed by atoms with Crippen LogP contribution in [-0.2, 0) is 6.42 Å². The van der Waals surface area contributed by atoms with Crippen molar-refractivity contribution in [1.82, 2.24) is 4.98 Å². The summed E-state index contributed by atoms with van der Waals surface area (Å²) in [4.78, 5) is 19.1. The van der Waals surface area contributed by atoms with Crippen LogP contribution < -0.4 is 0 Å². The summed E-state index contributed by atoms with van der Waals surface area (Å²) in [5.41, 5.74) is 0.959. The number of carboxylic acid groups (broad SMARTS) is 1. The molecule has 98 valence electrons. The molecule has 1 rings (SSSR count). The molecular weight excluding hydrogens is 228 g/mol. The first kappa shape index (κ1) is 14.4. The summed E-state index contributed by atoms with van der Waals surface area (Å²) < 4.78 is 0. The minimum Gasteiger partial charge on any atom is -0.477 e. The number of hydrogen-bond acceptors (Lipinski definition) is 3. The van der Waals surface area contributed by atoms with E-state index in [4.69, 9.17) is 5.11 Å². The molecule has 0 aliphatic heterocycles. The third-order valence-electron chi connectivity index (χ3n) is 2.54. The van der Waals surface area contributed by atoms with Gasteiger partial charge in [-0.1, -0.05) is 19.4 Å². The molecule has 0 aliphatic carbocycles. The molecule has 1 aromatic rings. The monoisotopic (exact) mass is 248 g/mol. The quantitative estimate of drug-likeness (QED) is 0.568. The number of rotatable bonds is 8. The predicted molar refractivity (Wildman–Crippen MR) is 72.4 cm³/mol. The molecule has 0 amide bonds. The topological polar surface area (TPSA) is 62.5 Å². The molecule has 0 spiro atoms. The zero-order chi connectivity index (χ0) is 13.2. The van der Waals surface area contributed by atoms with Crippen molar-refractivity contribution >= 4 is 12.2 Å². The van der Waals surface area contributed by atoms with Crippen LogP contribution >= 0.6 is 0 Å². The molecular formula is C14H20N2O2. The standard InChI is InChI=1S/C14H20N2O2/c1-2-3-10-15-11-5-4-7-12-8-6-9-13(16-12)14(17)18/h6,8-10H,2-5,7,11H2,1H3,(H,17,18). The second kappa shape index (κ2) is 8.39. The smallest absolute Gasteiger partial charge is 0.354 e. The van der Waals surface area contributed by atoms with Crippen molar-refractivity contribution in [2.45, 2.75) is 39.0 Å². The summed E-state index contributed by atoms with van der Waals surface area (Å²) in [5.74, 6) is -0.971. The van der Waals surface area contributed by atoms with Crippen LogP contribution in [0, 0.1) is 0 Å². The van der Waals surface area contributed by atoms with Crippen molar-refractivity contribution < 1.29 is 9.90 Å². The van der Waals surface area contributed by atoms with Gasteiger partial charge in [0.15, 0.2) is 0 Å². The molecule has 0 saturated heterocycles. The average Bonchev–Trinajstić information content (AvgIpc) is 2.38. The summed E-state index contributed by atoms with van der Waals surface area (Å²) in [6, 6.07) is 5.12. The van der Waals surface area contributed by atoms with E-state index in [1.807, 2.05) is 12.3 Å². The van der Waals surface area contributed by atoms with Crippen molar-refractivity contribution in [3.63, 3.8) is 0 Å². The molecule has 18 heavy (non-hydrogen) atoms. The van der Waals surface area contributed by atoms with Crippen LogP contribution in [0.5, 0.6) is 0 Å². The Bertz CT molecular complexity index is 403. The fraction of sp³-hybridized carbons (Fsp3) is 0.500. The van der Waals surface area contributed by atoms with Crippen molar-refractivity contribution in [3.05, 3.63) is 29.6 Å². The van der Waals surface area contributed by atoms with Gasteiger partial charge in [0, 0.05) is 12.2 Å². The summed E-state index contributed by atoms with van der Waals surface area (Å²) in [7, 11) is 0. The number of aliphatic imine (C=N–C) groups is 1. The molecule has 0 saturated carbocycles. The second-order valence-electron chi connectivity index (χ2n) is 4.15. The molecule has 0 fully saturated rings. The third kappa shape index (κ3) is 5.57. The molecule has 0 aliphatic rings. The SMILES string of the molecule is CCCC=NCCCCc1cccc(C(=O)O)n1. The minimum atomic E-state index is -0.971. The minimum absolute atomic E-state index is 0.119. The van der Waals surface area contributed by atoms with Crippen molar-refractivity contribution in [2.75, 3.05) is 6.54 Å².